The predicted octanol–water partition coefficient (Wildman–Crippen LogP) is 6.08. The topological polar surface area (TPSA) is 76.7 Å². The van der Waals surface area contributed by atoms with E-state index in [4.69, 9.17) is 9.72 Å². The van der Waals surface area contributed by atoms with Crippen molar-refractivity contribution in [2.24, 2.45) is 4.99 Å². The first-order valence-electron chi connectivity index (χ1n) is 11.2. The molecule has 2 aromatic heterocycles. The lowest BCUT2D eigenvalue weighted by Gasteiger charge is -2.15. The highest BCUT2D eigenvalue weighted by Crippen LogP contribution is 2.41. The van der Waals surface area contributed by atoms with Crippen LogP contribution in [0.15, 0.2) is 76.5 Å². The van der Waals surface area contributed by atoms with Gasteiger partial charge in [0.15, 0.2) is 0 Å². The Balaban J connectivity index is 1.51. The quantitative estimate of drug-likeness (QED) is 0.318. The van der Waals surface area contributed by atoms with E-state index in [-0.39, 0.29) is 11.4 Å². The van der Waals surface area contributed by atoms with Gasteiger partial charge in [0.2, 0.25) is 11.0 Å². The van der Waals surface area contributed by atoms with Crippen LogP contribution in [0.2, 0.25) is 0 Å². The molecule has 0 amide bonds. The van der Waals surface area contributed by atoms with Gasteiger partial charge in [-0.25, -0.2) is 14.5 Å². The van der Waals surface area contributed by atoms with Crippen molar-refractivity contribution in [3.05, 3.63) is 98.7 Å². The van der Waals surface area contributed by atoms with Gasteiger partial charge in [-0.3, -0.25) is 4.79 Å². The average molecular weight is 480 g/mol. The van der Waals surface area contributed by atoms with Crippen LogP contribution >= 0.6 is 11.3 Å². The van der Waals surface area contributed by atoms with Gasteiger partial charge in [0.25, 0.3) is 5.56 Å². The van der Waals surface area contributed by atoms with E-state index in [1.807, 2.05) is 74.5 Å². The number of thiazole rings is 1. The Kier molecular flexibility index (Phi) is 5.00. The SMILES string of the molecule is Cc1ccc(-n2c(O)c(C=Nc3nc4c(s3)COc3ccccc3-4)c3ccccc3c2=O)c(C)c1. The van der Waals surface area contributed by atoms with E-state index in [1.54, 1.807) is 12.3 Å². The number of para-hydroxylation sites is 1. The second-order valence-corrected chi connectivity index (χ2v) is 9.59. The maximum atomic E-state index is 13.4. The number of fused-ring (bicyclic) bond motifs is 4. The van der Waals surface area contributed by atoms with Crippen LogP contribution in [0.1, 0.15) is 21.6 Å². The number of aromatic nitrogens is 2. The summed E-state index contributed by atoms with van der Waals surface area (Å²) in [4.78, 5) is 23.7. The Labute approximate surface area is 205 Å². The molecule has 0 bridgehead atoms. The highest BCUT2D eigenvalue weighted by Gasteiger charge is 2.22. The first-order chi connectivity index (χ1) is 17.0. The first kappa shape index (κ1) is 21.3. The molecule has 6 nitrogen and oxygen atoms in total. The van der Waals surface area contributed by atoms with E-state index >= 15 is 0 Å². The molecule has 172 valence electrons. The van der Waals surface area contributed by atoms with Crippen molar-refractivity contribution in [2.75, 3.05) is 0 Å². The zero-order valence-electron chi connectivity index (χ0n) is 19.1. The zero-order chi connectivity index (χ0) is 24.1. The molecular weight excluding hydrogens is 458 g/mol. The Morgan fingerprint density at radius 3 is 2.66 bits per heavy atom. The van der Waals surface area contributed by atoms with Crippen LogP contribution in [-0.2, 0) is 6.61 Å². The zero-order valence-corrected chi connectivity index (χ0v) is 20.0. The van der Waals surface area contributed by atoms with Crippen molar-refractivity contribution in [2.45, 2.75) is 20.5 Å². The number of benzene rings is 3. The predicted molar refractivity (Wildman–Crippen MR) is 140 cm³/mol. The summed E-state index contributed by atoms with van der Waals surface area (Å²) in [6.07, 6.45) is 1.59. The fourth-order valence-corrected chi connectivity index (χ4v) is 5.36. The lowest BCUT2D eigenvalue weighted by atomic mass is 10.1. The van der Waals surface area contributed by atoms with Crippen molar-refractivity contribution in [1.82, 2.24) is 9.55 Å². The van der Waals surface area contributed by atoms with Crippen molar-refractivity contribution in [3.8, 4) is 28.6 Å². The van der Waals surface area contributed by atoms with E-state index in [9.17, 15) is 9.90 Å². The van der Waals surface area contributed by atoms with Crippen LogP contribution in [-0.4, -0.2) is 20.9 Å². The molecule has 1 aliphatic heterocycles. The molecule has 3 aromatic carbocycles. The van der Waals surface area contributed by atoms with Crippen molar-refractivity contribution in [3.63, 3.8) is 0 Å². The first-order valence-corrected chi connectivity index (χ1v) is 12.0. The molecule has 0 saturated carbocycles. The molecule has 0 aliphatic carbocycles. The van der Waals surface area contributed by atoms with Gasteiger partial charge in [-0.2, -0.15) is 0 Å². The highest BCUT2D eigenvalue weighted by atomic mass is 32.1. The van der Waals surface area contributed by atoms with Gasteiger partial charge in [-0.05, 0) is 43.7 Å². The summed E-state index contributed by atoms with van der Waals surface area (Å²) in [5.74, 6) is 0.657. The molecule has 35 heavy (non-hydrogen) atoms. The average Bonchev–Trinajstić information content (AvgIpc) is 3.29. The highest BCUT2D eigenvalue weighted by molar-refractivity contribution is 7.15. The van der Waals surface area contributed by atoms with Gasteiger partial charge in [0.05, 0.1) is 21.8 Å². The second-order valence-electron chi connectivity index (χ2n) is 8.52. The lowest BCUT2D eigenvalue weighted by molar-refractivity contribution is 0.305. The van der Waals surface area contributed by atoms with Gasteiger partial charge >= 0.3 is 0 Å². The summed E-state index contributed by atoms with van der Waals surface area (Å²) in [5, 5.41) is 13.0. The maximum absolute atomic E-state index is 13.4. The molecule has 0 spiro atoms. The monoisotopic (exact) mass is 479 g/mol. The number of nitrogens with zero attached hydrogens (tertiary/aromatic N) is 3. The van der Waals surface area contributed by atoms with Crippen LogP contribution < -0.4 is 10.3 Å². The third-order valence-corrected chi connectivity index (χ3v) is 7.12. The summed E-state index contributed by atoms with van der Waals surface area (Å²) in [6, 6.07) is 20.8. The Morgan fingerprint density at radius 1 is 1.06 bits per heavy atom. The summed E-state index contributed by atoms with van der Waals surface area (Å²) in [6.45, 7) is 4.37. The third kappa shape index (κ3) is 3.52. The summed E-state index contributed by atoms with van der Waals surface area (Å²) >= 11 is 1.45. The molecule has 0 unspecified atom stereocenters. The lowest BCUT2D eigenvalue weighted by Crippen LogP contribution is -2.21. The standard InChI is InChI=1S/C28H21N3O3S/c1-16-11-12-22(17(2)13-16)31-26(32)19-8-4-3-7-18(19)21(27(31)33)14-29-28-30-25-20-9-5-6-10-23(20)34-15-24(25)35-28/h3-14,33H,15H2,1-2H3. The molecule has 3 heterocycles. The Hall–Kier alpha value is -4.23. The summed E-state index contributed by atoms with van der Waals surface area (Å²) < 4.78 is 7.20. The molecule has 1 N–H and O–H groups in total. The molecule has 0 saturated heterocycles. The number of aromatic hydroxyl groups is 1. The number of ether oxygens (including phenoxy) is 1. The molecule has 0 radical (unpaired) electrons. The molecular formula is C28H21N3O3S. The second kappa shape index (κ2) is 8.21. The molecule has 0 fully saturated rings. The van der Waals surface area contributed by atoms with E-state index in [2.05, 4.69) is 4.99 Å². The van der Waals surface area contributed by atoms with Crippen LogP contribution in [0.5, 0.6) is 11.6 Å². The number of rotatable bonds is 3. The van der Waals surface area contributed by atoms with Gasteiger partial charge in [0.1, 0.15) is 12.4 Å². The number of hydrogen-bond acceptors (Lipinski definition) is 6. The van der Waals surface area contributed by atoms with Gasteiger partial charge in [-0.15, -0.1) is 0 Å². The Bertz CT molecular complexity index is 1720. The fraction of sp³-hybridized carbons (Fsp3) is 0.107. The maximum Gasteiger partial charge on any atom is 0.265 e. The fourth-order valence-electron chi connectivity index (χ4n) is 4.52. The minimum Gasteiger partial charge on any atom is -0.494 e. The normalized spacial score (nSPS) is 12.5. The number of pyridine rings is 1. The molecule has 5 aromatic rings. The van der Waals surface area contributed by atoms with Crippen LogP contribution in [0.25, 0.3) is 27.7 Å². The van der Waals surface area contributed by atoms with Gasteiger partial charge in [0, 0.05) is 22.6 Å². The van der Waals surface area contributed by atoms with Crippen molar-refractivity contribution in [1.29, 1.82) is 0 Å². The van der Waals surface area contributed by atoms with Gasteiger partial charge < -0.3 is 9.84 Å². The largest absolute Gasteiger partial charge is 0.494 e. The van der Waals surface area contributed by atoms with Crippen molar-refractivity contribution >= 4 is 33.5 Å². The molecule has 0 atom stereocenters. The minimum atomic E-state index is -0.277. The smallest absolute Gasteiger partial charge is 0.265 e. The summed E-state index contributed by atoms with van der Waals surface area (Å²) in [5.41, 5.74) is 4.62. The van der Waals surface area contributed by atoms with E-state index in [0.29, 0.717) is 33.8 Å². The van der Waals surface area contributed by atoms with Crippen LogP contribution in [0.4, 0.5) is 5.13 Å². The van der Waals surface area contributed by atoms with E-state index in [0.717, 1.165) is 33.0 Å². The minimum absolute atomic E-state index is 0.153. The van der Waals surface area contributed by atoms with E-state index in [1.165, 1.54) is 15.9 Å². The van der Waals surface area contributed by atoms with Crippen LogP contribution in [0, 0.1) is 13.8 Å². The number of aryl methyl sites for hydroxylation is 2. The van der Waals surface area contributed by atoms with Gasteiger partial charge in [-0.1, -0.05) is 59.4 Å². The Morgan fingerprint density at radius 2 is 1.83 bits per heavy atom. The number of hydrogen-bond donors (Lipinski definition) is 1. The molecule has 6 rings (SSSR count). The summed E-state index contributed by atoms with van der Waals surface area (Å²) in [7, 11) is 0. The van der Waals surface area contributed by atoms with E-state index < -0.39 is 0 Å². The van der Waals surface area contributed by atoms with Crippen LogP contribution in [0.3, 0.4) is 0 Å². The number of aliphatic imine (C=N–C) groups is 1. The third-order valence-electron chi connectivity index (χ3n) is 6.19. The molecule has 7 heteroatoms. The van der Waals surface area contributed by atoms with Crippen molar-refractivity contribution < 1.29 is 9.84 Å². The molecule has 1 aliphatic rings.